The van der Waals surface area contributed by atoms with Gasteiger partial charge in [-0.2, -0.15) is 0 Å². The maximum Gasteiger partial charge on any atom is 0.326 e. The van der Waals surface area contributed by atoms with Crippen LogP contribution < -0.4 is 10.1 Å². The number of fused-ring (bicyclic) bond motifs is 1. The van der Waals surface area contributed by atoms with Crippen molar-refractivity contribution in [3.05, 3.63) is 29.8 Å². The van der Waals surface area contributed by atoms with E-state index in [0.29, 0.717) is 12.2 Å². The molecular weight excluding hydrogens is 278 g/mol. The van der Waals surface area contributed by atoms with Gasteiger partial charge in [0.25, 0.3) is 5.91 Å². The van der Waals surface area contributed by atoms with Crippen molar-refractivity contribution >= 4 is 17.8 Å². The summed E-state index contributed by atoms with van der Waals surface area (Å²) in [7, 11) is 0. The van der Waals surface area contributed by atoms with Crippen LogP contribution in [0, 0.1) is 0 Å². The number of rotatable bonds is 6. The van der Waals surface area contributed by atoms with Crippen LogP contribution in [0.2, 0.25) is 0 Å². The highest BCUT2D eigenvalue weighted by atomic mass is 16.5. The van der Waals surface area contributed by atoms with Crippen molar-refractivity contribution in [2.45, 2.75) is 31.4 Å². The molecule has 0 saturated carbocycles. The highest BCUT2D eigenvalue weighted by Crippen LogP contribution is 2.28. The number of hydrogen-bond donors (Lipinski definition) is 3. The maximum absolute atomic E-state index is 12.0. The number of carbonyl (C=O) groups excluding carboxylic acids is 1. The summed E-state index contributed by atoms with van der Waals surface area (Å²) in [5.74, 6) is -2.32. The standard InChI is InChI=1S/C14H15NO6/c16-12(17)6-5-9(14(19)20)15-13(18)11-7-8-3-1-2-4-10(8)21-11/h1-4,9,11H,5-7H2,(H,15,18)(H,16,17)(H,19,20)/t9-,11?/m0/s1. The predicted octanol–water partition coefficient (Wildman–Crippen LogP) is 0.424. The lowest BCUT2D eigenvalue weighted by Gasteiger charge is -2.16. The zero-order chi connectivity index (χ0) is 15.4. The topological polar surface area (TPSA) is 113 Å². The Labute approximate surface area is 120 Å². The second-order valence-corrected chi connectivity index (χ2v) is 4.75. The highest BCUT2D eigenvalue weighted by molar-refractivity contribution is 5.87. The Morgan fingerprint density at radius 1 is 1.29 bits per heavy atom. The van der Waals surface area contributed by atoms with Crippen LogP contribution in [0.4, 0.5) is 0 Å². The number of carboxylic acids is 2. The van der Waals surface area contributed by atoms with Crippen LogP contribution in [0.5, 0.6) is 5.75 Å². The van der Waals surface area contributed by atoms with Gasteiger partial charge in [0.2, 0.25) is 0 Å². The van der Waals surface area contributed by atoms with Crippen molar-refractivity contribution in [2.24, 2.45) is 0 Å². The van der Waals surface area contributed by atoms with Crippen LogP contribution >= 0.6 is 0 Å². The molecule has 21 heavy (non-hydrogen) atoms. The first-order chi connectivity index (χ1) is 9.97. The summed E-state index contributed by atoms with van der Waals surface area (Å²) in [4.78, 5) is 33.5. The molecule has 1 amide bonds. The molecule has 1 aromatic carbocycles. The molecule has 3 N–H and O–H groups in total. The molecule has 0 fully saturated rings. The molecule has 0 aliphatic carbocycles. The number of aliphatic carboxylic acids is 2. The molecule has 112 valence electrons. The number of carbonyl (C=O) groups is 3. The van der Waals surface area contributed by atoms with Gasteiger partial charge in [0.15, 0.2) is 6.10 Å². The third-order valence-electron chi connectivity index (χ3n) is 3.20. The summed E-state index contributed by atoms with van der Waals surface area (Å²) in [5, 5.41) is 19.9. The van der Waals surface area contributed by atoms with Crippen molar-refractivity contribution in [1.29, 1.82) is 0 Å². The van der Waals surface area contributed by atoms with Crippen LogP contribution in [0.25, 0.3) is 0 Å². The van der Waals surface area contributed by atoms with Crippen LogP contribution in [-0.4, -0.2) is 40.2 Å². The molecule has 0 spiro atoms. The second kappa shape index (κ2) is 6.25. The fourth-order valence-electron chi connectivity index (χ4n) is 2.12. The molecule has 0 radical (unpaired) electrons. The highest BCUT2D eigenvalue weighted by Gasteiger charge is 2.31. The van der Waals surface area contributed by atoms with Gasteiger partial charge in [-0.05, 0) is 18.1 Å². The fraction of sp³-hybridized carbons (Fsp3) is 0.357. The van der Waals surface area contributed by atoms with Gasteiger partial charge in [-0.3, -0.25) is 9.59 Å². The first-order valence-corrected chi connectivity index (χ1v) is 6.47. The van der Waals surface area contributed by atoms with Gasteiger partial charge in [0.1, 0.15) is 11.8 Å². The van der Waals surface area contributed by atoms with Crippen molar-refractivity contribution in [2.75, 3.05) is 0 Å². The predicted molar refractivity (Wildman–Crippen MR) is 71.0 cm³/mol. The van der Waals surface area contributed by atoms with E-state index < -0.39 is 30.0 Å². The van der Waals surface area contributed by atoms with E-state index >= 15 is 0 Å². The van der Waals surface area contributed by atoms with E-state index in [1.165, 1.54) is 0 Å². The average molecular weight is 293 g/mol. The van der Waals surface area contributed by atoms with E-state index in [9.17, 15) is 14.4 Å². The van der Waals surface area contributed by atoms with E-state index in [1.54, 1.807) is 12.1 Å². The van der Waals surface area contributed by atoms with E-state index in [2.05, 4.69) is 5.32 Å². The van der Waals surface area contributed by atoms with Gasteiger partial charge in [0.05, 0.1) is 0 Å². The minimum Gasteiger partial charge on any atom is -0.481 e. The van der Waals surface area contributed by atoms with Crippen molar-refractivity contribution < 1.29 is 29.3 Å². The van der Waals surface area contributed by atoms with Crippen LogP contribution in [0.3, 0.4) is 0 Å². The molecule has 1 heterocycles. The Morgan fingerprint density at radius 3 is 2.62 bits per heavy atom. The number of nitrogens with one attached hydrogen (secondary N) is 1. The van der Waals surface area contributed by atoms with Crippen molar-refractivity contribution in [1.82, 2.24) is 5.32 Å². The number of ether oxygens (including phenoxy) is 1. The first-order valence-electron chi connectivity index (χ1n) is 6.47. The Balaban J connectivity index is 1.94. The minimum atomic E-state index is -1.26. The fourth-order valence-corrected chi connectivity index (χ4v) is 2.12. The lowest BCUT2D eigenvalue weighted by molar-refractivity contribution is -0.144. The van der Waals surface area contributed by atoms with Gasteiger partial charge >= 0.3 is 11.9 Å². The van der Waals surface area contributed by atoms with Crippen LogP contribution in [0.15, 0.2) is 24.3 Å². The largest absolute Gasteiger partial charge is 0.481 e. The number of benzene rings is 1. The second-order valence-electron chi connectivity index (χ2n) is 4.75. The van der Waals surface area contributed by atoms with Gasteiger partial charge in [-0.15, -0.1) is 0 Å². The SMILES string of the molecule is O=C(O)CC[C@H](NC(=O)C1Cc2ccccc2O1)C(=O)O. The number of hydrogen-bond acceptors (Lipinski definition) is 4. The maximum atomic E-state index is 12.0. The number of amides is 1. The summed E-state index contributed by atoms with van der Waals surface area (Å²) in [6, 6.07) is 5.95. The smallest absolute Gasteiger partial charge is 0.326 e. The lowest BCUT2D eigenvalue weighted by Crippen LogP contribution is -2.47. The molecule has 7 nitrogen and oxygen atoms in total. The molecule has 1 unspecified atom stereocenters. The summed E-state index contributed by atoms with van der Waals surface area (Å²) in [5.41, 5.74) is 0.884. The summed E-state index contributed by atoms with van der Waals surface area (Å²) >= 11 is 0. The molecule has 2 rings (SSSR count). The average Bonchev–Trinajstić information content (AvgIpc) is 2.86. The molecule has 0 aromatic heterocycles. The molecule has 1 aliphatic heterocycles. The monoisotopic (exact) mass is 293 g/mol. The van der Waals surface area contributed by atoms with E-state index in [-0.39, 0.29) is 12.8 Å². The van der Waals surface area contributed by atoms with Crippen molar-refractivity contribution in [3.63, 3.8) is 0 Å². The number of para-hydroxylation sites is 1. The molecule has 0 saturated heterocycles. The molecule has 1 aliphatic rings. The Kier molecular flexibility index (Phi) is 4.42. The van der Waals surface area contributed by atoms with Gasteiger partial charge in [0, 0.05) is 12.8 Å². The quantitative estimate of drug-likeness (QED) is 0.700. The van der Waals surface area contributed by atoms with Crippen LogP contribution in [0.1, 0.15) is 18.4 Å². The first kappa shape index (κ1) is 14.8. The lowest BCUT2D eigenvalue weighted by atomic mass is 10.1. The Bertz CT molecular complexity index is 545. The Hall–Kier alpha value is -2.57. The minimum absolute atomic E-state index is 0.171. The molecular formula is C14H15NO6. The molecule has 0 bridgehead atoms. The van der Waals surface area contributed by atoms with E-state index in [0.717, 1.165) is 5.56 Å². The van der Waals surface area contributed by atoms with Gasteiger partial charge in [-0.25, -0.2) is 4.79 Å². The summed E-state index contributed by atoms with van der Waals surface area (Å²) < 4.78 is 5.45. The third-order valence-corrected chi connectivity index (χ3v) is 3.20. The zero-order valence-corrected chi connectivity index (χ0v) is 11.1. The van der Waals surface area contributed by atoms with Gasteiger partial charge in [-0.1, -0.05) is 18.2 Å². The third kappa shape index (κ3) is 3.71. The van der Waals surface area contributed by atoms with Gasteiger partial charge < -0.3 is 20.3 Å². The number of carboxylic acid groups (broad SMARTS) is 2. The Morgan fingerprint density at radius 2 is 2.00 bits per heavy atom. The van der Waals surface area contributed by atoms with E-state index in [1.807, 2.05) is 12.1 Å². The van der Waals surface area contributed by atoms with Crippen molar-refractivity contribution in [3.8, 4) is 5.75 Å². The van der Waals surface area contributed by atoms with E-state index in [4.69, 9.17) is 14.9 Å². The van der Waals surface area contributed by atoms with Crippen LogP contribution in [-0.2, 0) is 20.8 Å². The summed E-state index contributed by atoms with van der Waals surface area (Å²) in [6.07, 6.45) is -0.916. The summed E-state index contributed by atoms with van der Waals surface area (Å²) in [6.45, 7) is 0. The molecule has 1 aromatic rings. The normalized spacial score (nSPS) is 17.4. The molecule has 2 atom stereocenters. The molecule has 7 heteroatoms. The zero-order valence-electron chi connectivity index (χ0n) is 11.1.